The molecule has 1 rings (SSSR count). The van der Waals surface area contributed by atoms with Gasteiger partial charge in [-0.05, 0) is 12.5 Å². The maximum absolute atomic E-state index is 11.7. The first-order valence-electron chi connectivity index (χ1n) is 4.56. The van der Waals surface area contributed by atoms with Crippen molar-refractivity contribution < 1.29 is 19.1 Å². The Morgan fingerprint density at radius 3 is 2.21 bits per heavy atom. The van der Waals surface area contributed by atoms with Gasteiger partial charge in [-0.15, -0.1) is 0 Å². The number of carbonyl (C=O) groups excluding carboxylic acids is 2. The highest BCUT2D eigenvalue weighted by molar-refractivity contribution is 6.15. The van der Waals surface area contributed by atoms with Crippen molar-refractivity contribution in [1.29, 1.82) is 0 Å². The molecule has 1 heterocycles. The Bertz CT molecular complexity index is 274. The summed E-state index contributed by atoms with van der Waals surface area (Å²) in [5, 5.41) is 0. The fraction of sp³-hybridized carbons (Fsp3) is 0.600. The normalized spacial score (nSPS) is 19.3. The van der Waals surface area contributed by atoms with Crippen LogP contribution < -0.4 is 0 Å². The lowest BCUT2D eigenvalue weighted by Gasteiger charge is -2.23. The third-order valence-corrected chi connectivity index (χ3v) is 2.07. The molecular weight excluding hydrogens is 184 g/mol. The number of hydrogen-bond acceptors (Lipinski definition) is 4. The number of rotatable bonds is 4. The largest absolute Gasteiger partial charge is 0.335 e. The first-order valence-corrected chi connectivity index (χ1v) is 4.56. The van der Waals surface area contributed by atoms with E-state index in [1.54, 1.807) is 6.92 Å². The van der Waals surface area contributed by atoms with Gasteiger partial charge in [0.25, 0.3) is 5.79 Å². The van der Waals surface area contributed by atoms with Gasteiger partial charge in [0, 0.05) is 6.42 Å². The molecule has 0 atom stereocenters. The molecule has 0 radical (unpaired) electrons. The molecule has 0 bridgehead atoms. The summed E-state index contributed by atoms with van der Waals surface area (Å²) in [5.41, 5.74) is 0.272. The zero-order valence-electron chi connectivity index (χ0n) is 8.46. The van der Waals surface area contributed by atoms with Crippen LogP contribution in [0.5, 0.6) is 0 Å². The monoisotopic (exact) mass is 198 g/mol. The Balaban J connectivity index is 2.98. The minimum Gasteiger partial charge on any atom is -0.335 e. The highest BCUT2D eigenvalue weighted by Gasteiger charge is 2.50. The van der Waals surface area contributed by atoms with E-state index in [4.69, 9.17) is 9.47 Å². The molecule has 0 amide bonds. The quantitative estimate of drug-likeness (QED) is 0.496. The van der Waals surface area contributed by atoms with E-state index in [1.807, 2.05) is 0 Å². The van der Waals surface area contributed by atoms with Gasteiger partial charge >= 0.3 is 0 Å². The van der Waals surface area contributed by atoms with Gasteiger partial charge in [-0.1, -0.05) is 13.5 Å². The molecule has 1 aliphatic heterocycles. The molecule has 4 heteroatoms. The Kier molecular flexibility index (Phi) is 3.18. The van der Waals surface area contributed by atoms with Gasteiger partial charge in [0.1, 0.15) is 0 Å². The van der Waals surface area contributed by atoms with Crippen molar-refractivity contribution in [2.45, 2.75) is 26.1 Å². The molecule has 0 aliphatic carbocycles. The molecule has 0 aromatic carbocycles. The second-order valence-corrected chi connectivity index (χ2v) is 3.20. The lowest BCUT2D eigenvalue weighted by molar-refractivity contribution is -0.184. The molecule has 0 aromatic rings. The molecule has 78 valence electrons. The van der Waals surface area contributed by atoms with Crippen molar-refractivity contribution in [3.63, 3.8) is 0 Å². The van der Waals surface area contributed by atoms with E-state index in [0.29, 0.717) is 0 Å². The van der Waals surface area contributed by atoms with E-state index in [2.05, 4.69) is 6.58 Å². The van der Waals surface area contributed by atoms with E-state index < -0.39 is 11.6 Å². The molecule has 0 N–H and O–H groups in total. The van der Waals surface area contributed by atoms with Gasteiger partial charge in [-0.2, -0.15) is 0 Å². The van der Waals surface area contributed by atoms with Crippen LogP contribution in [0.15, 0.2) is 12.2 Å². The van der Waals surface area contributed by atoms with E-state index in [0.717, 1.165) is 0 Å². The van der Waals surface area contributed by atoms with E-state index in [9.17, 15) is 9.59 Å². The first-order chi connectivity index (χ1) is 6.54. The SMILES string of the molecule is C=C(C)C(=O)C1(C(=O)CC)OCCO1. The average molecular weight is 198 g/mol. The molecular formula is C10H14O4. The van der Waals surface area contributed by atoms with Gasteiger partial charge in [0.2, 0.25) is 5.78 Å². The summed E-state index contributed by atoms with van der Waals surface area (Å²) in [4.78, 5) is 23.3. The molecule has 4 nitrogen and oxygen atoms in total. The topological polar surface area (TPSA) is 52.6 Å². The van der Waals surface area contributed by atoms with Crippen molar-refractivity contribution in [1.82, 2.24) is 0 Å². The summed E-state index contributed by atoms with van der Waals surface area (Å²) in [7, 11) is 0. The minimum absolute atomic E-state index is 0.207. The number of ketones is 2. The zero-order chi connectivity index (χ0) is 10.8. The highest BCUT2D eigenvalue weighted by atomic mass is 16.7. The van der Waals surface area contributed by atoms with Gasteiger partial charge in [-0.3, -0.25) is 9.59 Å². The standard InChI is InChI=1S/C10H14O4/c1-4-8(11)10(9(12)7(2)3)13-5-6-14-10/h2,4-6H2,1,3H3. The van der Waals surface area contributed by atoms with Crippen LogP contribution in [-0.2, 0) is 19.1 Å². The van der Waals surface area contributed by atoms with Crippen molar-refractivity contribution in [3.8, 4) is 0 Å². The molecule has 1 aliphatic rings. The van der Waals surface area contributed by atoms with Crippen LogP contribution in [0.2, 0.25) is 0 Å². The van der Waals surface area contributed by atoms with Crippen LogP contribution in [0.4, 0.5) is 0 Å². The predicted molar refractivity (Wildman–Crippen MR) is 49.8 cm³/mol. The van der Waals surface area contributed by atoms with Crippen molar-refractivity contribution >= 4 is 11.6 Å². The first kappa shape index (κ1) is 11.1. The van der Waals surface area contributed by atoms with Crippen molar-refractivity contribution in [2.75, 3.05) is 13.2 Å². The molecule has 0 unspecified atom stereocenters. The van der Waals surface area contributed by atoms with E-state index in [-0.39, 0.29) is 31.0 Å². The van der Waals surface area contributed by atoms with Crippen LogP contribution in [0.3, 0.4) is 0 Å². The van der Waals surface area contributed by atoms with Crippen LogP contribution in [-0.4, -0.2) is 30.6 Å². The van der Waals surface area contributed by atoms with Gasteiger partial charge in [0.05, 0.1) is 13.2 Å². The Morgan fingerprint density at radius 2 is 1.86 bits per heavy atom. The third kappa shape index (κ3) is 1.63. The van der Waals surface area contributed by atoms with Crippen molar-refractivity contribution in [2.24, 2.45) is 0 Å². The number of Topliss-reactive ketones (excluding diaryl/α,β-unsaturated/α-hetero) is 2. The number of hydrogen-bond donors (Lipinski definition) is 0. The van der Waals surface area contributed by atoms with Gasteiger partial charge in [0.15, 0.2) is 5.78 Å². The Morgan fingerprint density at radius 1 is 1.36 bits per heavy atom. The fourth-order valence-electron chi connectivity index (χ4n) is 1.34. The molecule has 0 aromatic heterocycles. The second kappa shape index (κ2) is 4.02. The number of carbonyl (C=O) groups is 2. The van der Waals surface area contributed by atoms with Gasteiger partial charge in [-0.25, -0.2) is 0 Å². The molecule has 1 fully saturated rings. The summed E-state index contributed by atoms with van der Waals surface area (Å²) < 4.78 is 10.3. The lowest BCUT2D eigenvalue weighted by atomic mass is 10.00. The van der Waals surface area contributed by atoms with Crippen LogP contribution in [0, 0.1) is 0 Å². The zero-order valence-corrected chi connectivity index (χ0v) is 8.46. The minimum atomic E-state index is -1.69. The summed E-state index contributed by atoms with van der Waals surface area (Å²) in [6.07, 6.45) is 0.207. The molecule has 0 saturated carbocycles. The summed E-state index contributed by atoms with van der Waals surface area (Å²) in [6, 6.07) is 0. The maximum Gasteiger partial charge on any atom is 0.294 e. The van der Waals surface area contributed by atoms with Crippen LogP contribution in [0.25, 0.3) is 0 Å². The third-order valence-electron chi connectivity index (χ3n) is 2.07. The predicted octanol–water partition coefficient (Wildman–Crippen LogP) is 0.854. The fourth-order valence-corrected chi connectivity index (χ4v) is 1.34. The van der Waals surface area contributed by atoms with Crippen LogP contribution >= 0.6 is 0 Å². The lowest BCUT2D eigenvalue weighted by Crippen LogP contribution is -2.47. The summed E-state index contributed by atoms with van der Waals surface area (Å²) in [5.74, 6) is -2.51. The second-order valence-electron chi connectivity index (χ2n) is 3.20. The Labute approximate surface area is 82.9 Å². The summed E-state index contributed by atoms with van der Waals surface area (Å²) in [6.45, 7) is 7.24. The molecule has 0 spiro atoms. The molecule has 14 heavy (non-hydrogen) atoms. The van der Waals surface area contributed by atoms with Gasteiger partial charge < -0.3 is 9.47 Å². The highest BCUT2D eigenvalue weighted by Crippen LogP contribution is 2.25. The maximum atomic E-state index is 11.7. The smallest absolute Gasteiger partial charge is 0.294 e. The van der Waals surface area contributed by atoms with Crippen LogP contribution in [0.1, 0.15) is 20.3 Å². The van der Waals surface area contributed by atoms with E-state index >= 15 is 0 Å². The van der Waals surface area contributed by atoms with Crippen molar-refractivity contribution in [3.05, 3.63) is 12.2 Å². The average Bonchev–Trinajstić information content (AvgIpc) is 2.65. The Hall–Kier alpha value is -1.00. The summed E-state index contributed by atoms with van der Waals surface area (Å²) >= 11 is 0. The molecule has 1 saturated heterocycles. The number of ether oxygens (including phenoxy) is 2. The van der Waals surface area contributed by atoms with E-state index in [1.165, 1.54) is 6.92 Å².